The van der Waals surface area contributed by atoms with Gasteiger partial charge in [0.05, 0.1) is 12.7 Å². The number of nitrogens with zero attached hydrogens (tertiary/aromatic N) is 1. The van der Waals surface area contributed by atoms with Gasteiger partial charge in [0.25, 0.3) is 0 Å². The molecular weight excluding hydrogens is 250 g/mol. The van der Waals surface area contributed by atoms with Gasteiger partial charge in [0, 0.05) is 4.47 Å². The first kappa shape index (κ1) is 10.5. The Balaban J connectivity index is 3.30. The molecule has 1 rings (SSSR count). The Hall–Kier alpha value is -1.54. The zero-order valence-electron chi connectivity index (χ0n) is 7.24. The first-order valence-corrected chi connectivity index (χ1v) is 4.40. The number of hydrogen-bond acceptors (Lipinski definition) is 4. The fourth-order valence-corrected chi connectivity index (χ4v) is 1.35. The number of nitriles is 1. The number of phenols is 1. The Morgan fingerprint density at radius 3 is 2.79 bits per heavy atom. The number of phenolic OH excluding ortho intramolecular Hbond substituents is 1. The Labute approximate surface area is 88.9 Å². The highest BCUT2D eigenvalue weighted by Crippen LogP contribution is 2.26. The smallest absolute Gasteiger partial charge is 0.341 e. The van der Waals surface area contributed by atoms with Gasteiger partial charge in [0.2, 0.25) is 0 Å². The van der Waals surface area contributed by atoms with Gasteiger partial charge in [-0.1, -0.05) is 0 Å². The molecule has 0 saturated heterocycles. The van der Waals surface area contributed by atoms with Crippen molar-refractivity contribution in [3.05, 3.63) is 27.7 Å². The number of carbonyl (C=O) groups excluding carboxylic acids is 1. The number of hydrogen-bond donors (Lipinski definition) is 1. The van der Waals surface area contributed by atoms with Gasteiger partial charge in [-0.3, -0.25) is 0 Å². The fourth-order valence-electron chi connectivity index (χ4n) is 0.921. The summed E-state index contributed by atoms with van der Waals surface area (Å²) in [6.07, 6.45) is 0. The van der Waals surface area contributed by atoms with Gasteiger partial charge >= 0.3 is 5.97 Å². The lowest BCUT2D eigenvalue weighted by atomic mass is 10.1. The van der Waals surface area contributed by atoms with Crippen LogP contribution in [0.1, 0.15) is 15.9 Å². The number of methoxy groups -OCH3 is 1. The van der Waals surface area contributed by atoms with Gasteiger partial charge in [-0.25, -0.2) is 4.79 Å². The van der Waals surface area contributed by atoms with Crippen molar-refractivity contribution in [3.8, 4) is 11.8 Å². The molecule has 0 amide bonds. The van der Waals surface area contributed by atoms with E-state index < -0.39 is 5.97 Å². The number of aromatic hydroxyl groups is 1. The summed E-state index contributed by atoms with van der Waals surface area (Å²) in [7, 11) is 1.22. The standard InChI is InChI=1S/C9H6BrNO3/c1-14-9(13)6-3-7(10)5(4-11)2-8(6)12/h2-3,12H,1H3. The van der Waals surface area contributed by atoms with E-state index in [4.69, 9.17) is 5.26 Å². The number of halogens is 1. The first-order valence-electron chi connectivity index (χ1n) is 3.61. The van der Waals surface area contributed by atoms with E-state index in [-0.39, 0.29) is 16.9 Å². The molecule has 72 valence electrons. The summed E-state index contributed by atoms with van der Waals surface area (Å²) < 4.78 is 4.89. The molecule has 5 heteroatoms. The molecule has 1 N–H and O–H groups in total. The van der Waals surface area contributed by atoms with Crippen LogP contribution < -0.4 is 0 Å². The monoisotopic (exact) mass is 255 g/mol. The van der Waals surface area contributed by atoms with Crippen LogP contribution in [0, 0.1) is 11.3 Å². The van der Waals surface area contributed by atoms with Gasteiger partial charge in [-0.15, -0.1) is 0 Å². The van der Waals surface area contributed by atoms with E-state index in [1.807, 2.05) is 6.07 Å². The lowest BCUT2D eigenvalue weighted by molar-refractivity contribution is 0.0597. The molecule has 14 heavy (non-hydrogen) atoms. The second kappa shape index (κ2) is 4.11. The molecular formula is C9H6BrNO3. The van der Waals surface area contributed by atoms with Crippen LogP contribution >= 0.6 is 15.9 Å². The van der Waals surface area contributed by atoms with Crippen molar-refractivity contribution in [2.45, 2.75) is 0 Å². The summed E-state index contributed by atoms with van der Waals surface area (Å²) in [5.74, 6) is -0.913. The van der Waals surface area contributed by atoms with Crippen molar-refractivity contribution in [2.24, 2.45) is 0 Å². The molecule has 1 aromatic carbocycles. The Bertz CT molecular complexity index is 423. The topological polar surface area (TPSA) is 70.3 Å². The predicted octanol–water partition coefficient (Wildman–Crippen LogP) is 1.81. The van der Waals surface area contributed by atoms with Crippen molar-refractivity contribution < 1.29 is 14.6 Å². The van der Waals surface area contributed by atoms with E-state index in [1.54, 1.807) is 0 Å². The highest BCUT2D eigenvalue weighted by atomic mass is 79.9. The number of esters is 1. The minimum atomic E-state index is -0.646. The minimum Gasteiger partial charge on any atom is -0.507 e. The van der Waals surface area contributed by atoms with Crippen LogP contribution in [0.5, 0.6) is 5.75 Å². The van der Waals surface area contributed by atoms with Gasteiger partial charge < -0.3 is 9.84 Å². The molecule has 1 aromatic rings. The van der Waals surface area contributed by atoms with Gasteiger partial charge in [0.1, 0.15) is 17.4 Å². The largest absolute Gasteiger partial charge is 0.507 e. The fraction of sp³-hybridized carbons (Fsp3) is 0.111. The van der Waals surface area contributed by atoms with E-state index in [0.29, 0.717) is 4.47 Å². The van der Waals surface area contributed by atoms with Gasteiger partial charge in [0.15, 0.2) is 0 Å². The van der Waals surface area contributed by atoms with Crippen LogP contribution in [0.4, 0.5) is 0 Å². The number of ether oxygens (including phenoxy) is 1. The van der Waals surface area contributed by atoms with Gasteiger partial charge in [-0.05, 0) is 28.1 Å². The molecule has 0 aliphatic heterocycles. The van der Waals surface area contributed by atoms with Crippen LogP contribution in [-0.4, -0.2) is 18.2 Å². The van der Waals surface area contributed by atoms with Crippen LogP contribution in [0.15, 0.2) is 16.6 Å². The van der Waals surface area contributed by atoms with Crippen LogP contribution in [0.2, 0.25) is 0 Å². The molecule has 0 atom stereocenters. The quantitative estimate of drug-likeness (QED) is 0.778. The third kappa shape index (κ3) is 1.86. The molecule has 4 nitrogen and oxygen atoms in total. The van der Waals surface area contributed by atoms with E-state index in [9.17, 15) is 9.90 Å². The van der Waals surface area contributed by atoms with Crippen molar-refractivity contribution in [1.82, 2.24) is 0 Å². The normalized spacial score (nSPS) is 9.21. The minimum absolute atomic E-state index is 0.0263. The van der Waals surface area contributed by atoms with Crippen LogP contribution in [-0.2, 0) is 4.74 Å². The molecule has 0 saturated carbocycles. The number of rotatable bonds is 1. The average molecular weight is 256 g/mol. The molecule has 0 aliphatic rings. The first-order chi connectivity index (χ1) is 6.60. The van der Waals surface area contributed by atoms with Crippen molar-refractivity contribution in [3.63, 3.8) is 0 Å². The maximum atomic E-state index is 11.1. The lowest BCUT2D eigenvalue weighted by Crippen LogP contribution is -2.02. The van der Waals surface area contributed by atoms with E-state index in [0.717, 1.165) is 0 Å². The summed E-state index contributed by atoms with van der Waals surface area (Å²) in [6, 6.07) is 4.41. The Morgan fingerprint density at radius 2 is 2.29 bits per heavy atom. The molecule has 0 radical (unpaired) electrons. The van der Waals surface area contributed by atoms with E-state index in [1.165, 1.54) is 19.2 Å². The third-order valence-corrected chi connectivity index (χ3v) is 2.27. The summed E-state index contributed by atoms with van der Waals surface area (Å²) in [6.45, 7) is 0. The zero-order valence-corrected chi connectivity index (χ0v) is 8.83. The highest BCUT2D eigenvalue weighted by molar-refractivity contribution is 9.10. The second-order valence-electron chi connectivity index (χ2n) is 2.45. The molecule has 0 bridgehead atoms. The van der Waals surface area contributed by atoms with Crippen molar-refractivity contribution in [2.75, 3.05) is 7.11 Å². The summed E-state index contributed by atoms with van der Waals surface area (Å²) in [5, 5.41) is 18.0. The predicted molar refractivity (Wildman–Crippen MR) is 51.9 cm³/mol. The summed E-state index contributed by atoms with van der Waals surface area (Å²) in [4.78, 5) is 11.1. The molecule has 0 fully saturated rings. The molecule has 0 aromatic heterocycles. The summed E-state index contributed by atoms with van der Waals surface area (Å²) in [5.41, 5.74) is 0.286. The highest BCUT2D eigenvalue weighted by Gasteiger charge is 2.14. The Morgan fingerprint density at radius 1 is 1.64 bits per heavy atom. The van der Waals surface area contributed by atoms with E-state index in [2.05, 4.69) is 20.7 Å². The van der Waals surface area contributed by atoms with Crippen LogP contribution in [0.25, 0.3) is 0 Å². The number of carbonyl (C=O) groups is 1. The number of benzene rings is 1. The molecule has 0 aliphatic carbocycles. The van der Waals surface area contributed by atoms with Gasteiger partial charge in [-0.2, -0.15) is 5.26 Å². The van der Waals surface area contributed by atoms with Crippen LogP contribution in [0.3, 0.4) is 0 Å². The molecule has 0 heterocycles. The van der Waals surface area contributed by atoms with Crippen molar-refractivity contribution >= 4 is 21.9 Å². The SMILES string of the molecule is COC(=O)c1cc(Br)c(C#N)cc1O. The second-order valence-corrected chi connectivity index (χ2v) is 3.31. The molecule has 0 spiro atoms. The maximum Gasteiger partial charge on any atom is 0.341 e. The zero-order chi connectivity index (χ0) is 10.7. The third-order valence-electron chi connectivity index (χ3n) is 1.61. The summed E-state index contributed by atoms with van der Waals surface area (Å²) >= 11 is 3.10. The maximum absolute atomic E-state index is 11.1. The average Bonchev–Trinajstić information content (AvgIpc) is 2.19. The van der Waals surface area contributed by atoms with E-state index >= 15 is 0 Å². The lowest BCUT2D eigenvalue weighted by Gasteiger charge is -2.03. The van der Waals surface area contributed by atoms with Crippen molar-refractivity contribution in [1.29, 1.82) is 5.26 Å². The Kier molecular flexibility index (Phi) is 3.10. The molecule has 0 unspecified atom stereocenters.